The van der Waals surface area contributed by atoms with Crippen LogP contribution in [-0.4, -0.2) is 21.3 Å². The van der Waals surface area contributed by atoms with Gasteiger partial charge >= 0.3 is 0 Å². The fourth-order valence-electron chi connectivity index (χ4n) is 1.74. The molecule has 0 radical (unpaired) electrons. The molecule has 0 bridgehead atoms. The Morgan fingerprint density at radius 1 is 1.47 bits per heavy atom. The van der Waals surface area contributed by atoms with Gasteiger partial charge in [-0.05, 0) is 18.6 Å². The quantitative estimate of drug-likeness (QED) is 0.568. The maximum absolute atomic E-state index is 10.9. The second-order valence-electron chi connectivity index (χ2n) is 3.85. The summed E-state index contributed by atoms with van der Waals surface area (Å²) in [4.78, 5) is 10.9. The van der Waals surface area contributed by atoms with Gasteiger partial charge in [0.05, 0.1) is 6.26 Å². The Hall–Kier alpha value is -1.91. The summed E-state index contributed by atoms with van der Waals surface area (Å²) in [6.45, 7) is 2.90. The summed E-state index contributed by atoms with van der Waals surface area (Å²) in [6.07, 6.45) is 5.58. The van der Waals surface area contributed by atoms with Crippen molar-refractivity contribution in [2.75, 3.05) is 0 Å². The Morgan fingerprint density at radius 3 is 3.00 bits per heavy atom. The molecule has 5 heteroatoms. The van der Waals surface area contributed by atoms with E-state index < -0.39 is 0 Å². The number of rotatable bonds is 6. The smallest absolute Gasteiger partial charge is 0.172 e. The van der Waals surface area contributed by atoms with Crippen LogP contribution >= 0.6 is 0 Å². The standard InChI is InChI=1S/C12H15N3O2/c1-2-3-4-7-15-12(10(9-16)13-14-15)11-6-5-8-17-11/h5-6,8-9H,2-4,7H2,1H3. The molecule has 0 aromatic carbocycles. The highest BCUT2D eigenvalue weighted by Gasteiger charge is 2.16. The molecule has 0 aliphatic carbocycles. The van der Waals surface area contributed by atoms with Crippen molar-refractivity contribution < 1.29 is 9.21 Å². The molecular formula is C12H15N3O2. The van der Waals surface area contributed by atoms with E-state index in [-0.39, 0.29) is 0 Å². The highest BCUT2D eigenvalue weighted by molar-refractivity contribution is 5.81. The van der Waals surface area contributed by atoms with Crippen molar-refractivity contribution >= 4 is 6.29 Å². The molecule has 0 spiro atoms. The highest BCUT2D eigenvalue weighted by Crippen LogP contribution is 2.22. The van der Waals surface area contributed by atoms with Gasteiger partial charge in [0.15, 0.2) is 17.7 Å². The number of aryl methyl sites for hydroxylation is 1. The lowest BCUT2D eigenvalue weighted by Crippen LogP contribution is -2.02. The summed E-state index contributed by atoms with van der Waals surface area (Å²) in [5.41, 5.74) is 0.998. The number of aldehydes is 1. The molecule has 0 unspecified atom stereocenters. The zero-order chi connectivity index (χ0) is 12.1. The Kier molecular flexibility index (Phi) is 3.69. The summed E-state index contributed by atoms with van der Waals surface area (Å²) < 4.78 is 7.04. The first-order valence-electron chi connectivity index (χ1n) is 5.79. The number of hydrogen-bond acceptors (Lipinski definition) is 4. The SMILES string of the molecule is CCCCCn1nnc(C=O)c1-c1ccco1. The predicted molar refractivity (Wildman–Crippen MR) is 62.6 cm³/mol. The minimum Gasteiger partial charge on any atom is -0.463 e. The minimum atomic E-state index is 0.330. The molecule has 2 rings (SSSR count). The van der Waals surface area contributed by atoms with Crippen LogP contribution in [0.25, 0.3) is 11.5 Å². The van der Waals surface area contributed by atoms with Gasteiger partial charge in [0.25, 0.3) is 0 Å². The zero-order valence-electron chi connectivity index (χ0n) is 9.80. The average Bonchev–Trinajstić information content (AvgIpc) is 2.96. The second kappa shape index (κ2) is 5.43. The number of furan rings is 1. The van der Waals surface area contributed by atoms with E-state index in [1.54, 1.807) is 17.0 Å². The summed E-state index contributed by atoms with van der Waals surface area (Å²) in [7, 11) is 0. The molecule has 90 valence electrons. The highest BCUT2D eigenvalue weighted by atomic mass is 16.3. The first kappa shape index (κ1) is 11.6. The molecule has 0 aliphatic heterocycles. The lowest BCUT2D eigenvalue weighted by molar-refractivity contribution is 0.111. The van der Waals surface area contributed by atoms with Crippen molar-refractivity contribution in [3.63, 3.8) is 0 Å². The maximum atomic E-state index is 10.9. The number of aromatic nitrogens is 3. The van der Waals surface area contributed by atoms with E-state index in [0.717, 1.165) is 25.8 Å². The lowest BCUT2D eigenvalue weighted by atomic mass is 10.2. The largest absolute Gasteiger partial charge is 0.463 e. The Balaban J connectivity index is 2.27. The molecular weight excluding hydrogens is 218 g/mol. The number of carbonyl (C=O) groups excluding carboxylic acids is 1. The number of carbonyl (C=O) groups is 1. The van der Waals surface area contributed by atoms with Crippen molar-refractivity contribution in [2.24, 2.45) is 0 Å². The first-order valence-corrected chi connectivity index (χ1v) is 5.79. The second-order valence-corrected chi connectivity index (χ2v) is 3.85. The van der Waals surface area contributed by atoms with Gasteiger partial charge in [-0.25, -0.2) is 4.68 Å². The van der Waals surface area contributed by atoms with Gasteiger partial charge in [0.1, 0.15) is 5.69 Å². The van der Waals surface area contributed by atoms with Crippen molar-refractivity contribution in [2.45, 2.75) is 32.7 Å². The molecule has 0 amide bonds. The fraction of sp³-hybridized carbons (Fsp3) is 0.417. The maximum Gasteiger partial charge on any atom is 0.172 e. The van der Waals surface area contributed by atoms with E-state index in [1.165, 1.54) is 0 Å². The normalized spacial score (nSPS) is 10.6. The fourth-order valence-corrected chi connectivity index (χ4v) is 1.74. The Bertz CT molecular complexity index is 474. The van der Waals surface area contributed by atoms with Crippen LogP contribution in [0.5, 0.6) is 0 Å². The van der Waals surface area contributed by atoms with Crippen LogP contribution in [-0.2, 0) is 6.54 Å². The average molecular weight is 233 g/mol. The summed E-state index contributed by atoms with van der Waals surface area (Å²) in [5.74, 6) is 0.633. The van der Waals surface area contributed by atoms with Crippen LogP contribution in [0.15, 0.2) is 22.8 Å². The van der Waals surface area contributed by atoms with E-state index in [2.05, 4.69) is 17.2 Å². The van der Waals surface area contributed by atoms with Gasteiger partial charge in [0.2, 0.25) is 0 Å². The molecule has 0 saturated heterocycles. The van der Waals surface area contributed by atoms with E-state index in [1.807, 2.05) is 6.07 Å². The van der Waals surface area contributed by atoms with Gasteiger partial charge < -0.3 is 4.42 Å². The third-order valence-electron chi connectivity index (χ3n) is 2.60. The van der Waals surface area contributed by atoms with Crippen LogP contribution in [0, 0.1) is 0 Å². The minimum absolute atomic E-state index is 0.330. The molecule has 2 aromatic heterocycles. The van der Waals surface area contributed by atoms with Crippen molar-refractivity contribution in [1.82, 2.24) is 15.0 Å². The first-order chi connectivity index (χ1) is 8.36. The Morgan fingerprint density at radius 2 is 2.35 bits per heavy atom. The molecule has 2 aromatic rings. The van der Waals surface area contributed by atoms with Gasteiger partial charge in [-0.1, -0.05) is 25.0 Å². The molecule has 17 heavy (non-hydrogen) atoms. The topological polar surface area (TPSA) is 60.9 Å². The van der Waals surface area contributed by atoms with E-state index >= 15 is 0 Å². The van der Waals surface area contributed by atoms with Crippen LogP contribution in [0.1, 0.15) is 36.7 Å². The molecule has 0 atom stereocenters. The molecule has 2 heterocycles. The van der Waals surface area contributed by atoms with Crippen LogP contribution in [0.2, 0.25) is 0 Å². The van der Waals surface area contributed by atoms with Crippen LogP contribution in [0.4, 0.5) is 0 Å². The third kappa shape index (κ3) is 2.43. The van der Waals surface area contributed by atoms with Crippen molar-refractivity contribution in [3.8, 4) is 11.5 Å². The lowest BCUT2D eigenvalue weighted by Gasteiger charge is -2.03. The third-order valence-corrected chi connectivity index (χ3v) is 2.60. The van der Waals surface area contributed by atoms with Gasteiger partial charge in [-0.15, -0.1) is 5.10 Å². The molecule has 5 nitrogen and oxygen atoms in total. The van der Waals surface area contributed by atoms with Gasteiger partial charge in [-0.3, -0.25) is 4.79 Å². The monoisotopic (exact) mass is 233 g/mol. The van der Waals surface area contributed by atoms with Gasteiger partial charge in [0, 0.05) is 6.54 Å². The van der Waals surface area contributed by atoms with Crippen molar-refractivity contribution in [3.05, 3.63) is 24.1 Å². The molecule has 0 fully saturated rings. The Labute approximate surface area is 99.4 Å². The van der Waals surface area contributed by atoms with Crippen molar-refractivity contribution in [1.29, 1.82) is 0 Å². The zero-order valence-corrected chi connectivity index (χ0v) is 9.80. The van der Waals surface area contributed by atoms with Crippen LogP contribution < -0.4 is 0 Å². The van der Waals surface area contributed by atoms with Crippen LogP contribution in [0.3, 0.4) is 0 Å². The van der Waals surface area contributed by atoms with E-state index in [9.17, 15) is 4.79 Å². The number of hydrogen-bond donors (Lipinski definition) is 0. The summed E-state index contributed by atoms with van der Waals surface area (Å²) in [6, 6.07) is 3.59. The van der Waals surface area contributed by atoms with E-state index in [0.29, 0.717) is 23.4 Å². The molecule has 0 aliphatic rings. The summed E-state index contributed by atoms with van der Waals surface area (Å²) in [5, 5.41) is 7.84. The number of unbranched alkanes of at least 4 members (excludes halogenated alkanes) is 2. The number of nitrogens with zero attached hydrogens (tertiary/aromatic N) is 3. The summed E-state index contributed by atoms with van der Waals surface area (Å²) >= 11 is 0. The molecule has 0 N–H and O–H groups in total. The van der Waals surface area contributed by atoms with E-state index in [4.69, 9.17) is 4.42 Å². The van der Waals surface area contributed by atoms with Gasteiger partial charge in [-0.2, -0.15) is 0 Å². The predicted octanol–water partition coefficient (Wildman–Crippen LogP) is 2.54. The molecule has 0 saturated carbocycles.